The first-order valence-corrected chi connectivity index (χ1v) is 7.12. The molecule has 0 saturated carbocycles. The molecule has 7 nitrogen and oxygen atoms in total. The normalized spacial score (nSPS) is 17.9. The number of fused-ring (bicyclic) bond motifs is 1. The van der Waals surface area contributed by atoms with Crippen LogP contribution in [0.1, 0.15) is 12.5 Å². The van der Waals surface area contributed by atoms with Gasteiger partial charge in [0.1, 0.15) is 5.75 Å². The molecule has 19 heavy (non-hydrogen) atoms. The quantitative estimate of drug-likeness (QED) is 0.724. The van der Waals surface area contributed by atoms with Crippen LogP contribution in [0.5, 0.6) is 5.75 Å². The molecule has 8 heteroatoms. The number of ether oxygens (including phenoxy) is 1. The lowest BCUT2D eigenvalue weighted by atomic mass is 10.1. The molecule has 104 valence electrons. The van der Waals surface area contributed by atoms with Crippen molar-refractivity contribution in [1.82, 2.24) is 0 Å². The minimum absolute atomic E-state index is 0.00518. The van der Waals surface area contributed by atoms with Gasteiger partial charge in [0.05, 0.1) is 17.9 Å². The number of aliphatic hydroxyl groups is 1. The molecule has 1 aliphatic rings. The van der Waals surface area contributed by atoms with Crippen LogP contribution in [-0.2, 0) is 10.2 Å². The lowest BCUT2D eigenvalue weighted by molar-refractivity contribution is 0.174. The number of rotatable bonds is 4. The van der Waals surface area contributed by atoms with Gasteiger partial charge in [-0.15, -0.1) is 4.40 Å². The predicted octanol–water partition coefficient (Wildman–Crippen LogP) is 0.0694. The van der Waals surface area contributed by atoms with Gasteiger partial charge in [0.2, 0.25) is 0 Å². The molecule has 1 aliphatic heterocycles. The molecule has 2 rings (SSSR count). The van der Waals surface area contributed by atoms with Crippen molar-refractivity contribution in [3.63, 3.8) is 0 Å². The molecule has 0 radical (unpaired) electrons. The van der Waals surface area contributed by atoms with Gasteiger partial charge in [-0.2, -0.15) is 8.42 Å². The van der Waals surface area contributed by atoms with Crippen LogP contribution in [0.3, 0.4) is 0 Å². The van der Waals surface area contributed by atoms with Gasteiger partial charge in [0.25, 0.3) is 0 Å². The number of amidine groups is 1. The molecule has 0 spiro atoms. The number of anilines is 1. The summed E-state index contributed by atoms with van der Waals surface area (Å²) >= 11 is 0. The zero-order valence-electron chi connectivity index (χ0n) is 10.3. The van der Waals surface area contributed by atoms with Crippen molar-refractivity contribution in [2.75, 3.05) is 17.9 Å². The molecule has 1 aromatic rings. The summed E-state index contributed by atoms with van der Waals surface area (Å²) in [4.78, 5) is 0. The van der Waals surface area contributed by atoms with Gasteiger partial charge >= 0.3 is 10.2 Å². The summed E-state index contributed by atoms with van der Waals surface area (Å²) in [6.45, 7) is 2.13. The van der Waals surface area contributed by atoms with E-state index in [9.17, 15) is 8.42 Å². The highest BCUT2D eigenvalue weighted by Crippen LogP contribution is 2.30. The second-order valence-electron chi connectivity index (χ2n) is 4.33. The number of nitrogens with zero attached hydrogens (tertiary/aromatic N) is 1. The van der Waals surface area contributed by atoms with Crippen LogP contribution in [0.2, 0.25) is 0 Å². The van der Waals surface area contributed by atoms with E-state index in [0.29, 0.717) is 23.6 Å². The third-order valence-corrected chi connectivity index (χ3v) is 3.49. The highest BCUT2D eigenvalue weighted by atomic mass is 32.2. The lowest BCUT2D eigenvalue weighted by Crippen LogP contribution is -2.27. The van der Waals surface area contributed by atoms with E-state index >= 15 is 0 Å². The van der Waals surface area contributed by atoms with Crippen molar-refractivity contribution in [3.05, 3.63) is 23.8 Å². The molecule has 0 saturated heterocycles. The Bertz CT molecular complexity index is 612. The fourth-order valence-corrected chi connectivity index (χ4v) is 2.47. The van der Waals surface area contributed by atoms with E-state index < -0.39 is 10.2 Å². The Kier molecular flexibility index (Phi) is 3.63. The molecule has 0 amide bonds. The minimum atomic E-state index is -3.78. The fourth-order valence-electron chi connectivity index (χ4n) is 1.62. The van der Waals surface area contributed by atoms with Gasteiger partial charge in [-0.25, -0.2) is 0 Å². The highest BCUT2D eigenvalue weighted by molar-refractivity contribution is 7.91. The van der Waals surface area contributed by atoms with E-state index in [4.69, 9.17) is 15.6 Å². The Hall–Kier alpha value is -1.80. The zero-order chi connectivity index (χ0) is 14.0. The Balaban J connectivity index is 2.34. The average molecular weight is 285 g/mol. The summed E-state index contributed by atoms with van der Waals surface area (Å²) in [5.74, 6) is 0.289. The molecular formula is C11H15N3O4S. The maximum absolute atomic E-state index is 11.4. The number of nitrogens with one attached hydrogen (secondary N) is 1. The molecule has 1 aromatic carbocycles. The van der Waals surface area contributed by atoms with Crippen LogP contribution < -0.4 is 15.2 Å². The molecule has 1 atom stereocenters. The SMILES string of the molecule is CC(CO)COc1cccc2c1C(N)=NS(=O)(=O)N2. The topological polar surface area (TPSA) is 114 Å². The van der Waals surface area contributed by atoms with Gasteiger partial charge in [-0.05, 0) is 12.1 Å². The first-order chi connectivity index (χ1) is 8.93. The van der Waals surface area contributed by atoms with Crippen LogP contribution in [-0.4, -0.2) is 32.6 Å². The Morgan fingerprint density at radius 3 is 2.95 bits per heavy atom. The smallest absolute Gasteiger partial charge is 0.344 e. The van der Waals surface area contributed by atoms with E-state index in [1.807, 2.05) is 6.92 Å². The minimum Gasteiger partial charge on any atom is -0.492 e. The van der Waals surface area contributed by atoms with Crippen LogP contribution in [0.25, 0.3) is 0 Å². The standard InChI is InChI=1S/C11H15N3O4S/c1-7(5-15)6-18-9-4-2-3-8-10(9)11(12)14-19(16,17)13-8/h2-4,7,13,15H,5-6H2,1H3,(H2,12,14). The van der Waals surface area contributed by atoms with Gasteiger partial charge in [-0.1, -0.05) is 13.0 Å². The summed E-state index contributed by atoms with van der Waals surface area (Å²) in [6, 6.07) is 4.90. The van der Waals surface area contributed by atoms with Crippen molar-refractivity contribution >= 4 is 21.7 Å². The maximum atomic E-state index is 11.4. The van der Waals surface area contributed by atoms with E-state index in [2.05, 4.69) is 9.12 Å². The van der Waals surface area contributed by atoms with E-state index in [1.54, 1.807) is 18.2 Å². The van der Waals surface area contributed by atoms with Crippen LogP contribution in [0.15, 0.2) is 22.6 Å². The van der Waals surface area contributed by atoms with Gasteiger partial charge in [-0.3, -0.25) is 4.72 Å². The molecule has 0 bridgehead atoms. The van der Waals surface area contributed by atoms with Gasteiger partial charge in [0.15, 0.2) is 5.84 Å². The van der Waals surface area contributed by atoms with Crippen molar-refractivity contribution in [3.8, 4) is 5.75 Å². The summed E-state index contributed by atoms with van der Waals surface area (Å²) in [5, 5.41) is 8.95. The van der Waals surface area contributed by atoms with Crippen LogP contribution in [0, 0.1) is 5.92 Å². The van der Waals surface area contributed by atoms with E-state index in [1.165, 1.54) is 0 Å². The average Bonchev–Trinajstić information content (AvgIpc) is 2.33. The van der Waals surface area contributed by atoms with Crippen molar-refractivity contribution in [1.29, 1.82) is 0 Å². The summed E-state index contributed by atoms with van der Waals surface area (Å²) in [7, 11) is -3.78. The second kappa shape index (κ2) is 5.06. The molecule has 4 N–H and O–H groups in total. The Morgan fingerprint density at radius 1 is 1.53 bits per heavy atom. The number of aliphatic hydroxyl groups excluding tert-OH is 1. The number of hydrogen-bond donors (Lipinski definition) is 3. The first-order valence-electron chi connectivity index (χ1n) is 5.68. The van der Waals surface area contributed by atoms with E-state index in [0.717, 1.165) is 0 Å². The number of nitrogens with two attached hydrogens (primary N) is 1. The maximum Gasteiger partial charge on any atom is 0.344 e. The third kappa shape index (κ3) is 2.96. The molecule has 1 unspecified atom stereocenters. The zero-order valence-corrected chi connectivity index (χ0v) is 11.1. The molecule has 0 aliphatic carbocycles. The predicted molar refractivity (Wildman–Crippen MR) is 71.5 cm³/mol. The summed E-state index contributed by atoms with van der Waals surface area (Å²) in [5.41, 5.74) is 6.42. The second-order valence-corrected chi connectivity index (χ2v) is 5.67. The first kappa shape index (κ1) is 13.6. The number of hydrogen-bond acceptors (Lipinski definition) is 5. The van der Waals surface area contributed by atoms with Crippen LogP contribution in [0.4, 0.5) is 5.69 Å². The lowest BCUT2D eigenvalue weighted by Gasteiger charge is -2.19. The Morgan fingerprint density at radius 2 is 2.26 bits per heavy atom. The largest absolute Gasteiger partial charge is 0.492 e. The monoisotopic (exact) mass is 285 g/mol. The Labute approximate surface area is 111 Å². The van der Waals surface area contributed by atoms with Gasteiger partial charge < -0.3 is 15.6 Å². The summed E-state index contributed by atoms with van der Waals surface area (Å²) < 4.78 is 34.0. The van der Waals surface area contributed by atoms with E-state index in [-0.39, 0.29) is 18.4 Å². The third-order valence-electron chi connectivity index (χ3n) is 2.57. The molecule has 0 aromatic heterocycles. The molecular weight excluding hydrogens is 270 g/mol. The van der Waals surface area contributed by atoms with Crippen LogP contribution >= 0.6 is 0 Å². The van der Waals surface area contributed by atoms with Gasteiger partial charge in [0, 0.05) is 12.5 Å². The number of benzene rings is 1. The highest BCUT2D eigenvalue weighted by Gasteiger charge is 2.24. The van der Waals surface area contributed by atoms with Crippen molar-refractivity contribution in [2.24, 2.45) is 16.0 Å². The van der Waals surface area contributed by atoms with Crippen molar-refractivity contribution in [2.45, 2.75) is 6.92 Å². The molecule has 0 fully saturated rings. The summed E-state index contributed by atoms with van der Waals surface area (Å²) in [6.07, 6.45) is 0. The fraction of sp³-hybridized carbons (Fsp3) is 0.364. The molecule has 1 heterocycles. The van der Waals surface area contributed by atoms with Crippen molar-refractivity contribution < 1.29 is 18.3 Å².